The van der Waals surface area contributed by atoms with E-state index in [1.165, 1.54) is 10.6 Å². The van der Waals surface area contributed by atoms with Crippen LogP contribution in [0.25, 0.3) is 11.3 Å². The molecule has 0 bridgehead atoms. The average Bonchev–Trinajstić information content (AvgIpc) is 2.44. The van der Waals surface area contributed by atoms with E-state index in [0.717, 1.165) is 0 Å². The first-order chi connectivity index (χ1) is 9.56. The molecule has 6 heteroatoms. The van der Waals surface area contributed by atoms with Crippen LogP contribution >= 0.6 is 22.6 Å². The van der Waals surface area contributed by atoms with Crippen LogP contribution in [-0.2, 0) is 39.8 Å². The Bertz CT molecular complexity index is 715. The summed E-state index contributed by atoms with van der Waals surface area (Å²) in [5.74, 6) is -0.101. The fourth-order valence-electron chi connectivity index (χ4n) is 1.80. The number of hydrogen-bond acceptors (Lipinski definition) is 2. The number of pyridine rings is 1. The van der Waals surface area contributed by atoms with Crippen molar-refractivity contribution in [3.8, 4) is 17.0 Å². The fourth-order valence-corrected chi connectivity index (χ4v) is 2.31. The SMILES string of the molecule is C=CCOc1cccc(F)c1-c1[c-]cc(I)c(=O)n1C.[Y]. The van der Waals surface area contributed by atoms with E-state index in [1.54, 1.807) is 31.3 Å². The standard InChI is InChI=1S/C15H12FINO2.Y/c1-3-9-20-13-6-4-5-10(16)14(13)12-8-7-11(17)15(19)18(12)2;/h3-7H,1,9H2,2H3;/q-1;. The van der Waals surface area contributed by atoms with Gasteiger partial charge in [-0.1, -0.05) is 24.4 Å². The van der Waals surface area contributed by atoms with Crippen LogP contribution < -0.4 is 10.3 Å². The first kappa shape index (κ1) is 18.5. The Morgan fingerprint density at radius 1 is 1.52 bits per heavy atom. The van der Waals surface area contributed by atoms with Crippen molar-refractivity contribution in [2.75, 3.05) is 6.61 Å². The van der Waals surface area contributed by atoms with Gasteiger partial charge < -0.3 is 9.30 Å². The third-order valence-corrected chi connectivity index (χ3v) is 3.52. The van der Waals surface area contributed by atoms with Crippen molar-refractivity contribution >= 4 is 22.6 Å². The van der Waals surface area contributed by atoms with Crippen LogP contribution in [0.15, 0.2) is 41.7 Å². The zero-order valence-electron chi connectivity index (χ0n) is 11.4. The molecule has 0 aliphatic rings. The molecule has 0 atom stereocenters. The van der Waals surface area contributed by atoms with Crippen LogP contribution in [-0.4, -0.2) is 11.2 Å². The van der Waals surface area contributed by atoms with E-state index in [0.29, 0.717) is 15.0 Å². The number of benzene rings is 1. The van der Waals surface area contributed by atoms with Gasteiger partial charge in [-0.15, -0.1) is 22.6 Å². The maximum atomic E-state index is 14.1. The number of ether oxygens (including phenoxy) is 1. The minimum absolute atomic E-state index is 0. The van der Waals surface area contributed by atoms with Crippen molar-refractivity contribution in [2.24, 2.45) is 7.05 Å². The van der Waals surface area contributed by atoms with E-state index in [1.807, 2.05) is 22.6 Å². The minimum Gasteiger partial charge on any atom is -0.502 e. The third kappa shape index (κ3) is 4.02. The van der Waals surface area contributed by atoms with Crippen LogP contribution in [0.1, 0.15) is 0 Å². The Morgan fingerprint density at radius 3 is 2.90 bits per heavy atom. The monoisotopic (exact) mass is 473 g/mol. The van der Waals surface area contributed by atoms with E-state index in [9.17, 15) is 9.18 Å². The largest absolute Gasteiger partial charge is 0.502 e. The van der Waals surface area contributed by atoms with Gasteiger partial charge in [0.15, 0.2) is 0 Å². The second-order valence-electron chi connectivity index (χ2n) is 4.06. The smallest absolute Gasteiger partial charge is 0.207 e. The van der Waals surface area contributed by atoms with Crippen molar-refractivity contribution in [1.82, 2.24) is 4.57 Å². The summed E-state index contributed by atoms with van der Waals surface area (Å²) >= 11 is 1.92. The Balaban J connectivity index is 0.00000220. The molecule has 0 fully saturated rings. The summed E-state index contributed by atoms with van der Waals surface area (Å²) in [7, 11) is 1.58. The van der Waals surface area contributed by atoms with Crippen LogP contribution in [0.5, 0.6) is 5.75 Å². The molecule has 0 unspecified atom stereocenters. The van der Waals surface area contributed by atoms with Crippen LogP contribution in [0.3, 0.4) is 0 Å². The van der Waals surface area contributed by atoms with Gasteiger partial charge in [-0.3, -0.25) is 4.79 Å². The maximum absolute atomic E-state index is 14.1. The van der Waals surface area contributed by atoms with Gasteiger partial charge in [0.2, 0.25) is 5.56 Å². The van der Waals surface area contributed by atoms with E-state index >= 15 is 0 Å². The van der Waals surface area contributed by atoms with Crippen molar-refractivity contribution in [3.05, 3.63) is 62.7 Å². The predicted octanol–water partition coefficient (Wildman–Crippen LogP) is 3.16. The summed E-state index contributed by atoms with van der Waals surface area (Å²) in [6.45, 7) is 3.82. The molecule has 2 rings (SSSR count). The number of hydrogen-bond donors (Lipinski definition) is 0. The van der Waals surface area contributed by atoms with E-state index in [4.69, 9.17) is 4.74 Å². The van der Waals surface area contributed by atoms with Crippen molar-refractivity contribution in [1.29, 1.82) is 0 Å². The van der Waals surface area contributed by atoms with Gasteiger partial charge in [0.25, 0.3) is 0 Å². The summed E-state index contributed by atoms with van der Waals surface area (Å²) in [4.78, 5) is 12.0. The molecule has 21 heavy (non-hydrogen) atoms. The minimum atomic E-state index is -0.459. The van der Waals surface area contributed by atoms with Gasteiger partial charge in [0.05, 0.1) is 11.6 Å². The predicted molar refractivity (Wildman–Crippen MR) is 84.3 cm³/mol. The van der Waals surface area contributed by atoms with E-state index in [2.05, 4.69) is 12.6 Å². The average molecular weight is 473 g/mol. The number of rotatable bonds is 4. The Hall–Kier alpha value is -0.526. The molecule has 1 heterocycles. The summed E-state index contributed by atoms with van der Waals surface area (Å²) in [5, 5.41) is 0. The van der Waals surface area contributed by atoms with Crippen LogP contribution in [0.2, 0.25) is 0 Å². The zero-order valence-corrected chi connectivity index (χ0v) is 16.4. The summed E-state index contributed by atoms with van der Waals surface area (Å²) in [6, 6.07) is 9.01. The van der Waals surface area contributed by atoms with E-state index in [-0.39, 0.29) is 50.4 Å². The van der Waals surface area contributed by atoms with E-state index < -0.39 is 5.82 Å². The summed E-state index contributed by atoms with van der Waals surface area (Å²) in [5.41, 5.74) is 0.384. The molecule has 0 N–H and O–H groups in total. The first-order valence-corrected chi connectivity index (χ1v) is 6.94. The molecular formula is C15H12FINO2Y-. The van der Waals surface area contributed by atoms with Crippen LogP contribution in [0.4, 0.5) is 4.39 Å². The van der Waals surface area contributed by atoms with Gasteiger partial charge in [0.1, 0.15) is 6.61 Å². The summed E-state index contributed by atoms with van der Waals surface area (Å²) < 4.78 is 21.5. The van der Waals surface area contributed by atoms with Gasteiger partial charge in [-0.2, -0.15) is 12.1 Å². The number of aromatic nitrogens is 1. The molecule has 1 radical (unpaired) electrons. The van der Waals surface area contributed by atoms with Crippen LogP contribution in [0, 0.1) is 15.5 Å². The number of nitrogens with zero attached hydrogens (tertiary/aromatic N) is 1. The maximum Gasteiger partial charge on any atom is 0.207 e. The fraction of sp³-hybridized carbons (Fsp3) is 0.133. The molecule has 1 aromatic heterocycles. The molecule has 0 aliphatic carbocycles. The van der Waals surface area contributed by atoms with Crippen molar-refractivity contribution in [2.45, 2.75) is 0 Å². The van der Waals surface area contributed by atoms with Gasteiger partial charge in [-0.05, 0) is 21.3 Å². The molecule has 0 spiro atoms. The Kier molecular flexibility index (Phi) is 7.23. The molecular weight excluding hydrogens is 461 g/mol. The molecule has 0 saturated carbocycles. The normalized spacial score (nSPS) is 9.86. The zero-order chi connectivity index (χ0) is 14.7. The Labute approximate surface area is 161 Å². The van der Waals surface area contributed by atoms with Gasteiger partial charge in [0, 0.05) is 39.8 Å². The second kappa shape index (κ2) is 8.20. The molecule has 107 valence electrons. The first-order valence-electron chi connectivity index (χ1n) is 5.86. The van der Waals surface area contributed by atoms with Gasteiger partial charge >= 0.3 is 0 Å². The Morgan fingerprint density at radius 2 is 2.24 bits per heavy atom. The molecule has 1 aromatic carbocycles. The molecule has 0 amide bonds. The molecule has 2 aromatic rings. The van der Waals surface area contributed by atoms with Crippen molar-refractivity contribution in [3.63, 3.8) is 0 Å². The van der Waals surface area contributed by atoms with Crippen molar-refractivity contribution < 1.29 is 41.8 Å². The molecule has 0 saturated heterocycles. The second-order valence-corrected chi connectivity index (χ2v) is 5.22. The summed E-state index contributed by atoms with van der Waals surface area (Å²) in [6.07, 6.45) is 1.57. The molecule has 3 nitrogen and oxygen atoms in total. The number of halogens is 2. The van der Waals surface area contributed by atoms with Gasteiger partial charge in [-0.25, -0.2) is 4.39 Å². The topological polar surface area (TPSA) is 31.2 Å². The molecule has 0 aliphatic heterocycles. The quantitative estimate of drug-likeness (QED) is 0.389. The third-order valence-electron chi connectivity index (χ3n) is 2.75.